The Bertz CT molecular complexity index is 429. The molecular formula is C13H16BrF2NO2. The Hall–Kier alpha value is -1.17. The molecule has 0 radical (unpaired) electrons. The number of hydrogen-bond donors (Lipinski definition) is 1. The molecule has 0 fully saturated rings. The Kier molecular flexibility index (Phi) is 6.21. The first-order chi connectivity index (χ1) is 8.95. The lowest BCUT2D eigenvalue weighted by atomic mass is 10.1. The van der Waals surface area contributed by atoms with E-state index in [1.165, 1.54) is 6.07 Å². The molecule has 0 aliphatic heterocycles. The van der Waals surface area contributed by atoms with E-state index in [2.05, 4.69) is 26.0 Å². The van der Waals surface area contributed by atoms with Crippen molar-refractivity contribution in [2.45, 2.75) is 37.7 Å². The van der Waals surface area contributed by atoms with E-state index in [4.69, 9.17) is 0 Å². The number of carbonyl (C=O) groups excluding carboxylic acids is 1. The van der Waals surface area contributed by atoms with E-state index < -0.39 is 12.7 Å². The van der Waals surface area contributed by atoms with E-state index in [1.54, 1.807) is 25.1 Å². The number of ether oxygens (including phenoxy) is 1. The highest BCUT2D eigenvalue weighted by Crippen LogP contribution is 2.26. The third-order valence-corrected chi connectivity index (χ3v) is 3.67. The molecule has 0 aromatic heterocycles. The predicted octanol–water partition coefficient (Wildman–Crippen LogP) is 3.64. The van der Waals surface area contributed by atoms with Crippen LogP contribution >= 0.6 is 15.9 Å². The molecule has 3 nitrogen and oxygen atoms in total. The summed E-state index contributed by atoms with van der Waals surface area (Å²) in [7, 11) is 0. The second kappa shape index (κ2) is 7.43. The van der Waals surface area contributed by atoms with E-state index in [9.17, 15) is 13.6 Å². The second-order valence-corrected chi connectivity index (χ2v) is 5.13. The Morgan fingerprint density at radius 1 is 1.42 bits per heavy atom. The first kappa shape index (κ1) is 15.9. The maximum atomic E-state index is 12.3. The van der Waals surface area contributed by atoms with Gasteiger partial charge in [0, 0.05) is 5.56 Å². The number of rotatable bonds is 6. The van der Waals surface area contributed by atoms with Crippen LogP contribution in [0.3, 0.4) is 0 Å². The summed E-state index contributed by atoms with van der Waals surface area (Å²) >= 11 is 3.24. The molecule has 19 heavy (non-hydrogen) atoms. The van der Waals surface area contributed by atoms with Gasteiger partial charge in [-0.1, -0.05) is 41.1 Å². The molecule has 2 unspecified atom stereocenters. The standard InChI is InChI=1S/C13H16BrF2NO2/c1-3-10(14)12(18)17-8(2)9-6-4-5-7-11(9)19-13(15)16/h4-8,10,13H,3H2,1-2H3,(H,17,18). The molecule has 1 aromatic rings. The fourth-order valence-corrected chi connectivity index (χ4v) is 1.74. The number of amides is 1. The molecular weight excluding hydrogens is 320 g/mol. The summed E-state index contributed by atoms with van der Waals surface area (Å²) in [5.41, 5.74) is 0.520. The number of alkyl halides is 3. The highest BCUT2D eigenvalue weighted by molar-refractivity contribution is 9.10. The minimum Gasteiger partial charge on any atom is -0.434 e. The third-order valence-electron chi connectivity index (χ3n) is 2.60. The van der Waals surface area contributed by atoms with Gasteiger partial charge in [0.05, 0.1) is 10.9 Å². The van der Waals surface area contributed by atoms with E-state index in [-0.39, 0.29) is 16.5 Å². The van der Waals surface area contributed by atoms with E-state index in [0.29, 0.717) is 12.0 Å². The van der Waals surface area contributed by atoms with Crippen LogP contribution in [0.5, 0.6) is 5.75 Å². The zero-order valence-corrected chi connectivity index (χ0v) is 12.3. The zero-order valence-electron chi connectivity index (χ0n) is 10.7. The molecule has 1 amide bonds. The molecule has 1 N–H and O–H groups in total. The minimum absolute atomic E-state index is 0.0768. The lowest BCUT2D eigenvalue weighted by Crippen LogP contribution is -2.33. The molecule has 0 aliphatic carbocycles. The second-order valence-electron chi connectivity index (χ2n) is 4.02. The fourth-order valence-electron chi connectivity index (χ4n) is 1.61. The number of benzene rings is 1. The quantitative estimate of drug-likeness (QED) is 0.806. The number of halogens is 3. The normalized spacial score (nSPS) is 14.0. The van der Waals surface area contributed by atoms with Gasteiger partial charge < -0.3 is 10.1 Å². The zero-order chi connectivity index (χ0) is 14.4. The first-order valence-corrected chi connectivity index (χ1v) is 6.85. The maximum absolute atomic E-state index is 12.3. The van der Waals surface area contributed by atoms with Crippen LogP contribution in [0, 0.1) is 0 Å². The van der Waals surface area contributed by atoms with Crippen molar-refractivity contribution < 1.29 is 18.3 Å². The lowest BCUT2D eigenvalue weighted by molar-refractivity contribution is -0.121. The van der Waals surface area contributed by atoms with Gasteiger partial charge in [-0.2, -0.15) is 8.78 Å². The van der Waals surface area contributed by atoms with E-state index in [0.717, 1.165) is 0 Å². The largest absolute Gasteiger partial charge is 0.434 e. The van der Waals surface area contributed by atoms with Gasteiger partial charge in [0.2, 0.25) is 5.91 Å². The third kappa shape index (κ3) is 4.78. The van der Waals surface area contributed by atoms with Gasteiger partial charge in [-0.05, 0) is 19.4 Å². The molecule has 0 heterocycles. The topological polar surface area (TPSA) is 38.3 Å². The van der Waals surface area contributed by atoms with E-state index >= 15 is 0 Å². The van der Waals surface area contributed by atoms with Gasteiger partial charge >= 0.3 is 6.61 Å². The number of para-hydroxylation sites is 1. The van der Waals surface area contributed by atoms with Gasteiger partial charge in [0.1, 0.15) is 5.75 Å². The van der Waals surface area contributed by atoms with Gasteiger partial charge in [-0.15, -0.1) is 0 Å². The molecule has 0 aliphatic rings. The molecule has 1 rings (SSSR count). The molecule has 6 heteroatoms. The molecule has 106 valence electrons. The number of hydrogen-bond acceptors (Lipinski definition) is 2. The Morgan fingerprint density at radius 3 is 2.63 bits per heavy atom. The maximum Gasteiger partial charge on any atom is 0.387 e. The van der Waals surface area contributed by atoms with Crippen molar-refractivity contribution in [2.24, 2.45) is 0 Å². The highest BCUT2D eigenvalue weighted by atomic mass is 79.9. The minimum atomic E-state index is -2.89. The van der Waals surface area contributed by atoms with Crippen molar-refractivity contribution in [3.05, 3.63) is 29.8 Å². The summed E-state index contributed by atoms with van der Waals surface area (Å²) in [5, 5.41) is 2.75. The fraction of sp³-hybridized carbons (Fsp3) is 0.462. The summed E-state index contributed by atoms with van der Waals surface area (Å²) in [6.07, 6.45) is 0.647. The Morgan fingerprint density at radius 2 is 2.05 bits per heavy atom. The van der Waals surface area contributed by atoms with Crippen LogP contribution in [-0.2, 0) is 4.79 Å². The predicted molar refractivity (Wildman–Crippen MR) is 72.6 cm³/mol. The highest BCUT2D eigenvalue weighted by Gasteiger charge is 2.19. The lowest BCUT2D eigenvalue weighted by Gasteiger charge is -2.19. The van der Waals surface area contributed by atoms with E-state index in [1.807, 2.05) is 6.92 Å². The van der Waals surface area contributed by atoms with Crippen LogP contribution in [0.1, 0.15) is 31.9 Å². The van der Waals surface area contributed by atoms with Gasteiger partial charge in [-0.25, -0.2) is 0 Å². The van der Waals surface area contributed by atoms with Crippen LogP contribution in [0.25, 0.3) is 0 Å². The SMILES string of the molecule is CCC(Br)C(=O)NC(C)c1ccccc1OC(F)F. The summed E-state index contributed by atoms with van der Waals surface area (Å²) in [5.74, 6) is -0.102. The number of carbonyl (C=O) groups is 1. The van der Waals surface area contributed by atoms with Crippen LogP contribution in [-0.4, -0.2) is 17.3 Å². The summed E-state index contributed by atoms with van der Waals surface area (Å²) in [4.78, 5) is 11.5. The molecule has 2 atom stereocenters. The van der Waals surface area contributed by atoms with Crippen molar-refractivity contribution >= 4 is 21.8 Å². The van der Waals surface area contributed by atoms with Crippen molar-refractivity contribution in [3.8, 4) is 5.75 Å². The van der Waals surface area contributed by atoms with Crippen molar-refractivity contribution in [3.63, 3.8) is 0 Å². The van der Waals surface area contributed by atoms with Crippen molar-refractivity contribution in [1.82, 2.24) is 5.32 Å². The molecule has 0 bridgehead atoms. The van der Waals surface area contributed by atoms with Gasteiger partial charge in [0.15, 0.2) is 0 Å². The van der Waals surface area contributed by atoms with Crippen molar-refractivity contribution in [2.75, 3.05) is 0 Å². The van der Waals surface area contributed by atoms with Gasteiger partial charge in [0.25, 0.3) is 0 Å². The Balaban J connectivity index is 2.81. The first-order valence-electron chi connectivity index (χ1n) is 5.93. The van der Waals surface area contributed by atoms with Crippen LogP contribution < -0.4 is 10.1 Å². The Labute approximate surface area is 119 Å². The monoisotopic (exact) mass is 335 g/mol. The van der Waals surface area contributed by atoms with Crippen LogP contribution in [0.4, 0.5) is 8.78 Å². The van der Waals surface area contributed by atoms with Crippen molar-refractivity contribution in [1.29, 1.82) is 0 Å². The average Bonchev–Trinajstić information content (AvgIpc) is 2.37. The number of nitrogens with one attached hydrogen (secondary N) is 1. The molecule has 1 aromatic carbocycles. The van der Waals surface area contributed by atoms with Gasteiger partial charge in [-0.3, -0.25) is 4.79 Å². The van der Waals surface area contributed by atoms with Crippen LogP contribution in [0.15, 0.2) is 24.3 Å². The molecule has 0 saturated heterocycles. The molecule has 0 saturated carbocycles. The smallest absolute Gasteiger partial charge is 0.387 e. The molecule has 0 spiro atoms. The average molecular weight is 336 g/mol. The van der Waals surface area contributed by atoms with Crippen LogP contribution in [0.2, 0.25) is 0 Å². The summed E-state index contributed by atoms with van der Waals surface area (Å²) in [6.45, 7) is 0.710. The summed E-state index contributed by atoms with van der Waals surface area (Å²) in [6, 6.07) is 6.01. The summed E-state index contributed by atoms with van der Waals surface area (Å²) < 4.78 is 29.0.